The normalized spacial score (nSPS) is 13.1. The molecule has 0 fully saturated rings. The first-order valence-corrected chi connectivity index (χ1v) is 11.1. The first-order chi connectivity index (χ1) is 15.9. The van der Waals surface area contributed by atoms with Crippen LogP contribution in [0, 0.1) is 25.7 Å². The van der Waals surface area contributed by atoms with E-state index in [0.717, 1.165) is 12.1 Å². The fraction of sp³-hybridized carbons (Fsp3) is 0.583. The Morgan fingerprint density at radius 2 is 1.60 bits per heavy atom. The van der Waals surface area contributed by atoms with Crippen molar-refractivity contribution in [1.82, 2.24) is 9.78 Å². The molecule has 0 radical (unpaired) electrons. The molecule has 2 aromatic rings. The van der Waals surface area contributed by atoms with Crippen molar-refractivity contribution in [3.05, 3.63) is 40.7 Å². The molecule has 11 heteroatoms. The number of aryl methyl sites for hydroxylation is 2. The highest BCUT2D eigenvalue weighted by Crippen LogP contribution is 2.54. The number of amides is 1. The molecule has 0 unspecified atom stereocenters. The van der Waals surface area contributed by atoms with Crippen LogP contribution in [0.15, 0.2) is 18.2 Å². The second-order valence-corrected chi connectivity index (χ2v) is 9.29. The highest BCUT2D eigenvalue weighted by molar-refractivity contribution is 6.02. The number of carbonyl (C=O) groups excluding carboxylic acids is 1. The van der Waals surface area contributed by atoms with E-state index in [1.54, 1.807) is 53.3 Å². The van der Waals surface area contributed by atoms with Crippen LogP contribution in [0.4, 0.5) is 37.7 Å². The summed E-state index contributed by atoms with van der Waals surface area (Å²) in [7, 11) is 2.07. The van der Waals surface area contributed by atoms with E-state index in [9.17, 15) is 31.1 Å². The van der Waals surface area contributed by atoms with Gasteiger partial charge in [-0.05, 0) is 43.9 Å². The van der Waals surface area contributed by atoms with Gasteiger partial charge in [0.05, 0.1) is 17.1 Å². The van der Waals surface area contributed by atoms with Crippen LogP contribution in [0.1, 0.15) is 50.2 Å². The molecule has 0 saturated heterocycles. The standard InChI is InChI=1S/C24H31F6N3O2/c1-13(2)11-17-12-18(9-10-19(17)22(35-8,23(25,26)27)24(28,29)30)33(21(34)14(3)4)20-15(5)31-32(7)16(20)6/h9-10,12-14H,11H2,1-8H3. The SMILES string of the molecule is COC(c1ccc(N(C(=O)C(C)C)c2c(C)nn(C)c2C)cc1CC(C)C)(C(F)(F)F)C(F)(F)F. The topological polar surface area (TPSA) is 47.4 Å². The average Bonchev–Trinajstić information content (AvgIpc) is 2.94. The van der Waals surface area contributed by atoms with Crippen molar-refractivity contribution < 1.29 is 35.9 Å². The Bertz CT molecular complexity index is 1060. The van der Waals surface area contributed by atoms with E-state index < -0.39 is 29.4 Å². The first-order valence-electron chi connectivity index (χ1n) is 11.1. The molecule has 1 amide bonds. The van der Waals surface area contributed by atoms with E-state index >= 15 is 0 Å². The molecule has 0 aliphatic carbocycles. The minimum absolute atomic E-state index is 0.102. The Labute approximate surface area is 201 Å². The minimum atomic E-state index is -5.78. The Morgan fingerprint density at radius 1 is 1.06 bits per heavy atom. The number of methoxy groups -OCH3 is 1. The molecule has 1 heterocycles. The van der Waals surface area contributed by atoms with Crippen LogP contribution in [0.2, 0.25) is 0 Å². The van der Waals surface area contributed by atoms with E-state index in [0.29, 0.717) is 24.2 Å². The smallest absolute Gasteiger partial charge is 0.357 e. The predicted octanol–water partition coefficient (Wildman–Crippen LogP) is 6.52. The van der Waals surface area contributed by atoms with Gasteiger partial charge in [-0.2, -0.15) is 31.4 Å². The van der Waals surface area contributed by atoms with Crippen LogP contribution in [-0.2, 0) is 28.6 Å². The maximum atomic E-state index is 14.0. The van der Waals surface area contributed by atoms with Crippen LogP contribution in [0.25, 0.3) is 0 Å². The van der Waals surface area contributed by atoms with Crippen molar-refractivity contribution >= 4 is 17.3 Å². The van der Waals surface area contributed by atoms with Crippen LogP contribution >= 0.6 is 0 Å². The van der Waals surface area contributed by atoms with Crippen LogP contribution in [0.5, 0.6) is 0 Å². The van der Waals surface area contributed by atoms with Crippen molar-refractivity contribution in [3.8, 4) is 0 Å². The summed E-state index contributed by atoms with van der Waals surface area (Å²) in [5, 5.41) is 4.31. The molecule has 2 rings (SSSR count). The van der Waals surface area contributed by atoms with Gasteiger partial charge < -0.3 is 4.74 Å². The molecule has 0 N–H and O–H groups in total. The van der Waals surface area contributed by atoms with E-state index in [1.165, 1.54) is 11.0 Å². The largest absolute Gasteiger partial charge is 0.430 e. The van der Waals surface area contributed by atoms with Gasteiger partial charge in [0.1, 0.15) is 0 Å². The molecule has 1 aromatic carbocycles. The molecule has 0 saturated carbocycles. The van der Waals surface area contributed by atoms with Gasteiger partial charge in [0.25, 0.3) is 5.60 Å². The van der Waals surface area contributed by atoms with Crippen LogP contribution in [0.3, 0.4) is 0 Å². The molecule has 196 valence electrons. The Balaban J connectivity index is 2.93. The van der Waals surface area contributed by atoms with Gasteiger partial charge in [0.15, 0.2) is 0 Å². The van der Waals surface area contributed by atoms with Crippen LogP contribution < -0.4 is 4.90 Å². The zero-order valence-electron chi connectivity index (χ0n) is 21.0. The van der Waals surface area contributed by atoms with Gasteiger partial charge in [0.2, 0.25) is 5.91 Å². The third kappa shape index (κ3) is 5.05. The lowest BCUT2D eigenvalue weighted by Crippen LogP contribution is -2.55. The number of alkyl halides is 6. The van der Waals surface area contributed by atoms with Gasteiger partial charge in [-0.25, -0.2) is 0 Å². The number of halogens is 6. The zero-order valence-corrected chi connectivity index (χ0v) is 21.0. The quantitative estimate of drug-likeness (QED) is 0.401. The third-order valence-corrected chi connectivity index (χ3v) is 5.87. The fourth-order valence-electron chi connectivity index (χ4n) is 4.19. The molecule has 0 spiro atoms. The molecule has 5 nitrogen and oxygen atoms in total. The van der Waals surface area contributed by atoms with Gasteiger partial charge in [-0.15, -0.1) is 0 Å². The summed E-state index contributed by atoms with van der Waals surface area (Å²) in [4.78, 5) is 14.6. The molecule has 0 bridgehead atoms. The molecule has 0 atom stereocenters. The number of carbonyl (C=O) groups is 1. The van der Waals surface area contributed by atoms with Gasteiger partial charge in [-0.1, -0.05) is 33.8 Å². The molecule has 1 aromatic heterocycles. The van der Waals surface area contributed by atoms with Crippen molar-refractivity contribution in [3.63, 3.8) is 0 Å². The number of nitrogens with zero attached hydrogens (tertiary/aromatic N) is 3. The summed E-state index contributed by atoms with van der Waals surface area (Å²) in [6, 6.07) is 3.07. The highest BCUT2D eigenvalue weighted by atomic mass is 19.4. The number of rotatable bonds is 7. The van der Waals surface area contributed by atoms with Gasteiger partial charge in [-0.3, -0.25) is 14.4 Å². The van der Waals surface area contributed by atoms with E-state index in [1.807, 2.05) is 0 Å². The van der Waals surface area contributed by atoms with Crippen molar-refractivity contribution in [2.75, 3.05) is 12.0 Å². The number of aromatic nitrogens is 2. The number of anilines is 2. The lowest BCUT2D eigenvalue weighted by molar-refractivity contribution is -0.383. The third-order valence-electron chi connectivity index (χ3n) is 5.87. The van der Waals surface area contributed by atoms with E-state index in [4.69, 9.17) is 0 Å². The number of hydrogen-bond donors (Lipinski definition) is 0. The average molecular weight is 508 g/mol. The Kier molecular flexibility index (Phi) is 8.05. The summed E-state index contributed by atoms with van der Waals surface area (Å²) in [6.45, 7) is 10.1. The molecule has 0 aliphatic heterocycles. The first kappa shape index (κ1) is 28.7. The fourth-order valence-corrected chi connectivity index (χ4v) is 4.19. The molecular weight excluding hydrogens is 476 g/mol. The summed E-state index contributed by atoms with van der Waals surface area (Å²) < 4.78 is 89.9. The number of hydrogen-bond acceptors (Lipinski definition) is 3. The van der Waals surface area contributed by atoms with Crippen molar-refractivity contribution in [2.45, 2.75) is 65.9 Å². The number of benzene rings is 1. The summed E-state index contributed by atoms with van der Waals surface area (Å²) in [5.41, 5.74) is -4.09. The van der Waals surface area contributed by atoms with Gasteiger partial charge >= 0.3 is 12.4 Å². The Hall–Kier alpha value is -2.56. The highest BCUT2D eigenvalue weighted by Gasteiger charge is 2.73. The number of ether oxygens (including phenoxy) is 1. The summed E-state index contributed by atoms with van der Waals surface area (Å²) >= 11 is 0. The molecule has 0 aliphatic rings. The molecular formula is C24H31F6N3O2. The zero-order chi connectivity index (χ0) is 27.1. The van der Waals surface area contributed by atoms with Crippen molar-refractivity contribution in [2.24, 2.45) is 18.9 Å². The van der Waals surface area contributed by atoms with E-state index in [-0.39, 0.29) is 29.5 Å². The Morgan fingerprint density at radius 3 is 1.97 bits per heavy atom. The second-order valence-electron chi connectivity index (χ2n) is 9.29. The molecule has 35 heavy (non-hydrogen) atoms. The summed E-state index contributed by atoms with van der Waals surface area (Å²) in [6.07, 6.45) is -11.7. The minimum Gasteiger partial charge on any atom is -0.357 e. The predicted molar refractivity (Wildman–Crippen MR) is 120 cm³/mol. The van der Waals surface area contributed by atoms with Gasteiger partial charge in [0, 0.05) is 31.3 Å². The van der Waals surface area contributed by atoms with Crippen molar-refractivity contribution in [1.29, 1.82) is 0 Å². The van der Waals surface area contributed by atoms with E-state index in [2.05, 4.69) is 9.84 Å². The lowest BCUT2D eigenvalue weighted by atomic mass is 9.84. The lowest BCUT2D eigenvalue weighted by Gasteiger charge is -2.38. The second kappa shape index (κ2) is 9.83. The maximum Gasteiger partial charge on any atom is 0.430 e. The summed E-state index contributed by atoms with van der Waals surface area (Å²) in [5.74, 6) is -1.17. The van der Waals surface area contributed by atoms with Crippen LogP contribution in [-0.4, -0.2) is 35.2 Å². The maximum absolute atomic E-state index is 14.0. The monoisotopic (exact) mass is 507 g/mol.